The smallest absolute Gasteiger partial charge is 0.328 e. The quantitative estimate of drug-likeness (QED) is 0.491. The second-order valence-electron chi connectivity index (χ2n) is 5.18. The van der Waals surface area contributed by atoms with Crippen molar-refractivity contribution in [2.24, 2.45) is 5.73 Å². The Morgan fingerprint density at radius 3 is 2.29 bits per heavy atom. The maximum atomic E-state index is 11.8. The van der Waals surface area contributed by atoms with E-state index < -0.39 is 23.2 Å². The van der Waals surface area contributed by atoms with Gasteiger partial charge in [-0.1, -0.05) is 29.4 Å². The highest BCUT2D eigenvalue weighted by Gasteiger charge is 2.16. The number of ether oxygens (including phenoxy) is 1. The van der Waals surface area contributed by atoms with Gasteiger partial charge >= 0.3 is 11.9 Å². The lowest BCUT2D eigenvalue weighted by Gasteiger charge is -2.18. The van der Waals surface area contributed by atoms with Crippen molar-refractivity contribution >= 4 is 28.8 Å². The monoisotopic (exact) mass is 358 g/mol. The van der Waals surface area contributed by atoms with Gasteiger partial charge in [0.25, 0.3) is 0 Å². The van der Waals surface area contributed by atoms with Crippen molar-refractivity contribution in [1.82, 2.24) is 0 Å². The minimum Gasteiger partial charge on any atom is -0.616 e. The van der Waals surface area contributed by atoms with Crippen molar-refractivity contribution < 1.29 is 24.0 Å². The Labute approximate surface area is 145 Å². The first-order valence-electron chi connectivity index (χ1n) is 7.40. The van der Waals surface area contributed by atoms with Crippen LogP contribution in [-0.2, 0) is 25.5 Å². The van der Waals surface area contributed by atoms with Crippen molar-refractivity contribution in [1.29, 1.82) is 0 Å². The molecule has 0 bridgehead atoms. The van der Waals surface area contributed by atoms with Gasteiger partial charge in [0.2, 0.25) is 0 Å². The molecule has 1 aromatic rings. The Morgan fingerprint density at radius 2 is 1.88 bits per heavy atom. The molecule has 0 amide bonds. The number of esters is 1. The standard InChI is InChI=1S/C14H21NO3S.C2H5NO2/c1-10-6-5-7-11(2)13(10)15-12(3)14(16)18-8-9-19(4)17;3-1-2(4)5/h5-7,12,15H,8-9H2,1-4H3;1,3H2,(H,4,5)/t12-,19?;/m0./s1. The number of aryl methyl sites for hydroxylation is 2. The van der Waals surface area contributed by atoms with Crippen LogP contribution in [0.2, 0.25) is 0 Å². The molecule has 1 aromatic carbocycles. The zero-order chi connectivity index (χ0) is 18.7. The highest BCUT2D eigenvalue weighted by atomic mass is 32.2. The van der Waals surface area contributed by atoms with Crippen LogP contribution < -0.4 is 11.1 Å². The number of nitrogens with one attached hydrogen (secondary N) is 1. The second-order valence-corrected chi connectivity index (χ2v) is 6.73. The number of carboxylic acid groups (broad SMARTS) is 1. The van der Waals surface area contributed by atoms with E-state index in [4.69, 9.17) is 9.84 Å². The molecule has 0 aliphatic heterocycles. The molecule has 24 heavy (non-hydrogen) atoms. The summed E-state index contributed by atoms with van der Waals surface area (Å²) in [5, 5.41) is 10.8. The Bertz CT molecular complexity index is 517. The molecule has 1 rings (SSSR count). The van der Waals surface area contributed by atoms with E-state index in [2.05, 4.69) is 11.1 Å². The summed E-state index contributed by atoms with van der Waals surface area (Å²) in [6, 6.07) is 5.54. The van der Waals surface area contributed by atoms with Crippen LogP contribution in [0.4, 0.5) is 5.69 Å². The number of benzene rings is 1. The molecule has 2 atom stereocenters. The van der Waals surface area contributed by atoms with Crippen LogP contribution in [0.5, 0.6) is 0 Å². The number of rotatable bonds is 7. The molecule has 0 aromatic heterocycles. The third-order valence-corrected chi connectivity index (χ3v) is 3.73. The molecule has 0 spiro atoms. The van der Waals surface area contributed by atoms with E-state index in [1.54, 1.807) is 13.2 Å². The molecule has 0 aliphatic carbocycles. The first-order valence-corrected chi connectivity index (χ1v) is 9.13. The summed E-state index contributed by atoms with van der Waals surface area (Å²) in [5.41, 5.74) is 7.72. The number of aliphatic carboxylic acids is 1. The minimum absolute atomic E-state index is 0.195. The van der Waals surface area contributed by atoms with Gasteiger partial charge in [0.05, 0.1) is 12.8 Å². The molecular formula is C16H26N2O5S. The van der Waals surface area contributed by atoms with Crippen LogP contribution in [0.3, 0.4) is 0 Å². The summed E-state index contributed by atoms with van der Waals surface area (Å²) in [7, 11) is 0. The topological polar surface area (TPSA) is 125 Å². The summed E-state index contributed by atoms with van der Waals surface area (Å²) >= 11 is -0.938. The van der Waals surface area contributed by atoms with Crippen molar-refractivity contribution in [2.75, 3.05) is 30.5 Å². The molecule has 0 fully saturated rings. The van der Waals surface area contributed by atoms with Crippen molar-refractivity contribution in [3.8, 4) is 0 Å². The Balaban J connectivity index is 0.000000922. The number of hydrogen-bond donors (Lipinski definition) is 3. The molecular weight excluding hydrogens is 332 g/mol. The number of hydrogen-bond acceptors (Lipinski definition) is 6. The highest BCUT2D eigenvalue weighted by Crippen LogP contribution is 2.20. The van der Waals surface area contributed by atoms with Gasteiger partial charge in [0, 0.05) is 5.69 Å². The van der Waals surface area contributed by atoms with Gasteiger partial charge in [-0.05, 0) is 31.9 Å². The largest absolute Gasteiger partial charge is 0.616 e. The van der Waals surface area contributed by atoms with Crippen molar-refractivity contribution in [2.45, 2.75) is 26.8 Å². The van der Waals surface area contributed by atoms with Crippen molar-refractivity contribution in [3.05, 3.63) is 29.3 Å². The van der Waals surface area contributed by atoms with E-state index in [0.29, 0.717) is 5.75 Å². The third-order valence-electron chi connectivity index (χ3n) is 2.99. The average Bonchev–Trinajstić information content (AvgIpc) is 2.50. The SMILES string of the molecule is Cc1cccc(C)c1N[C@@H](C)C(=O)OCC[S+](C)[O-].NCC(=O)O. The fourth-order valence-electron chi connectivity index (χ4n) is 1.70. The summed E-state index contributed by atoms with van der Waals surface area (Å²) < 4.78 is 16.0. The maximum absolute atomic E-state index is 11.8. The molecule has 4 N–H and O–H groups in total. The molecule has 7 nitrogen and oxygen atoms in total. The molecule has 8 heteroatoms. The average molecular weight is 358 g/mol. The summed E-state index contributed by atoms with van der Waals surface area (Å²) in [5.74, 6) is -0.917. The van der Waals surface area contributed by atoms with Gasteiger partial charge in [-0.2, -0.15) is 0 Å². The zero-order valence-corrected chi connectivity index (χ0v) is 15.3. The second kappa shape index (κ2) is 11.7. The number of carboxylic acids is 1. The third kappa shape index (κ3) is 9.39. The van der Waals surface area contributed by atoms with Gasteiger partial charge in [-0.3, -0.25) is 4.79 Å². The van der Waals surface area contributed by atoms with E-state index in [1.807, 2.05) is 32.0 Å². The van der Waals surface area contributed by atoms with Crippen LogP contribution in [0, 0.1) is 13.8 Å². The first kappa shape index (κ1) is 22.2. The summed E-state index contributed by atoms with van der Waals surface area (Å²) in [6.07, 6.45) is 1.59. The summed E-state index contributed by atoms with van der Waals surface area (Å²) in [4.78, 5) is 21.0. The lowest BCUT2D eigenvalue weighted by molar-refractivity contribution is -0.143. The first-order chi connectivity index (χ1) is 11.2. The number of para-hydroxylation sites is 1. The fraction of sp³-hybridized carbons (Fsp3) is 0.500. The number of carbonyl (C=O) groups is 2. The number of anilines is 1. The van der Waals surface area contributed by atoms with Crippen LogP contribution >= 0.6 is 0 Å². The van der Waals surface area contributed by atoms with Crippen LogP contribution in [0.1, 0.15) is 18.1 Å². The predicted octanol–water partition coefficient (Wildman–Crippen LogP) is 1.06. The van der Waals surface area contributed by atoms with Gasteiger partial charge in [-0.15, -0.1) is 0 Å². The molecule has 0 saturated heterocycles. The number of nitrogens with two attached hydrogens (primary N) is 1. The van der Waals surface area contributed by atoms with Crippen molar-refractivity contribution in [3.63, 3.8) is 0 Å². The number of carbonyl (C=O) groups excluding carboxylic acids is 1. The fourth-order valence-corrected chi connectivity index (χ4v) is 2.02. The van der Waals surface area contributed by atoms with E-state index >= 15 is 0 Å². The Hall–Kier alpha value is -1.77. The van der Waals surface area contributed by atoms with E-state index in [1.165, 1.54) is 0 Å². The van der Waals surface area contributed by atoms with Gasteiger partial charge in [0.15, 0.2) is 0 Å². The van der Waals surface area contributed by atoms with Gasteiger partial charge < -0.3 is 25.4 Å². The normalized spacial score (nSPS) is 12.4. The minimum atomic E-state index is -0.968. The van der Waals surface area contributed by atoms with E-state index in [-0.39, 0.29) is 19.1 Å². The van der Waals surface area contributed by atoms with E-state index in [9.17, 15) is 14.1 Å². The predicted molar refractivity (Wildman–Crippen MR) is 95.6 cm³/mol. The zero-order valence-electron chi connectivity index (χ0n) is 14.5. The molecule has 1 unspecified atom stereocenters. The molecule has 0 heterocycles. The molecule has 0 saturated carbocycles. The summed E-state index contributed by atoms with van der Waals surface area (Å²) in [6.45, 7) is 5.67. The molecule has 0 radical (unpaired) electrons. The molecule has 0 aliphatic rings. The van der Waals surface area contributed by atoms with Gasteiger partial charge in [0.1, 0.15) is 18.4 Å². The lowest BCUT2D eigenvalue weighted by atomic mass is 10.1. The van der Waals surface area contributed by atoms with Gasteiger partial charge in [-0.25, -0.2) is 4.79 Å². The maximum Gasteiger partial charge on any atom is 0.328 e. The van der Waals surface area contributed by atoms with Crippen LogP contribution in [0.15, 0.2) is 18.2 Å². The Morgan fingerprint density at radius 1 is 1.38 bits per heavy atom. The highest BCUT2D eigenvalue weighted by molar-refractivity contribution is 7.90. The lowest BCUT2D eigenvalue weighted by Crippen LogP contribution is -2.30. The molecule has 136 valence electrons. The Kier molecular flexibility index (Phi) is 10.9. The van der Waals surface area contributed by atoms with E-state index in [0.717, 1.165) is 16.8 Å². The van der Waals surface area contributed by atoms with Crippen LogP contribution in [0.25, 0.3) is 0 Å². The van der Waals surface area contributed by atoms with Crippen LogP contribution in [-0.4, -0.2) is 52.8 Å².